The van der Waals surface area contributed by atoms with Gasteiger partial charge in [0.15, 0.2) is 11.6 Å². The highest BCUT2D eigenvalue weighted by atomic mass is 79.9. The van der Waals surface area contributed by atoms with E-state index in [4.69, 9.17) is 0 Å². The third kappa shape index (κ3) is 3.05. The van der Waals surface area contributed by atoms with Crippen LogP contribution in [0.2, 0.25) is 0 Å². The molecule has 2 aromatic rings. The Morgan fingerprint density at radius 2 is 2.10 bits per heavy atom. The third-order valence-corrected chi connectivity index (χ3v) is 3.39. The first-order chi connectivity index (χ1) is 9.49. The van der Waals surface area contributed by atoms with Crippen molar-refractivity contribution in [3.8, 4) is 5.75 Å². The van der Waals surface area contributed by atoms with Crippen molar-refractivity contribution in [2.75, 3.05) is 5.32 Å². The van der Waals surface area contributed by atoms with E-state index in [1.165, 1.54) is 18.2 Å². The van der Waals surface area contributed by atoms with E-state index in [2.05, 4.69) is 21.2 Å². The Morgan fingerprint density at radius 1 is 1.35 bits per heavy atom. The summed E-state index contributed by atoms with van der Waals surface area (Å²) in [6, 6.07) is 8.48. The van der Waals surface area contributed by atoms with Crippen molar-refractivity contribution in [2.24, 2.45) is 0 Å². The largest absolute Gasteiger partial charge is 0.505 e. The molecule has 0 atom stereocenters. The fraction of sp³-hybridized carbons (Fsp3) is 0.0769. The highest BCUT2D eigenvalue weighted by Gasteiger charge is 2.11. The van der Waals surface area contributed by atoms with Crippen LogP contribution in [-0.2, 0) is 6.54 Å². The zero-order valence-electron chi connectivity index (χ0n) is 10.1. The first kappa shape index (κ1) is 14.3. The van der Waals surface area contributed by atoms with Crippen LogP contribution >= 0.6 is 15.9 Å². The molecular weight excluding hydrogens is 331 g/mol. The van der Waals surface area contributed by atoms with Gasteiger partial charge in [-0.3, -0.25) is 10.1 Å². The standard InChI is InChI=1S/C13H10BrFN2O3/c14-10-5-4-9(17(19)20)6-12(10)16-7-8-2-1-3-11(15)13(8)18/h1-6,16,18H,7H2. The molecule has 0 fully saturated rings. The SMILES string of the molecule is O=[N+]([O-])c1ccc(Br)c(NCc2cccc(F)c2O)c1. The number of nitro benzene ring substituents is 1. The molecule has 0 bridgehead atoms. The van der Waals surface area contributed by atoms with Crippen LogP contribution in [0, 0.1) is 15.9 Å². The Morgan fingerprint density at radius 3 is 2.80 bits per heavy atom. The maximum absolute atomic E-state index is 13.2. The summed E-state index contributed by atoms with van der Waals surface area (Å²) in [5.74, 6) is -1.14. The number of para-hydroxylation sites is 1. The van der Waals surface area contributed by atoms with Crippen molar-refractivity contribution in [3.05, 3.63) is 62.4 Å². The van der Waals surface area contributed by atoms with E-state index in [9.17, 15) is 19.6 Å². The first-order valence-electron chi connectivity index (χ1n) is 5.63. The Bertz CT molecular complexity index is 664. The van der Waals surface area contributed by atoms with E-state index in [1.54, 1.807) is 12.1 Å². The van der Waals surface area contributed by atoms with Crippen LogP contribution in [-0.4, -0.2) is 10.0 Å². The molecule has 0 aromatic heterocycles. The molecule has 0 aliphatic heterocycles. The molecule has 5 nitrogen and oxygen atoms in total. The number of nitrogens with one attached hydrogen (secondary N) is 1. The second kappa shape index (κ2) is 5.87. The third-order valence-electron chi connectivity index (χ3n) is 2.70. The molecule has 0 heterocycles. The quantitative estimate of drug-likeness (QED) is 0.655. The highest BCUT2D eigenvalue weighted by molar-refractivity contribution is 9.10. The monoisotopic (exact) mass is 340 g/mol. The zero-order valence-corrected chi connectivity index (χ0v) is 11.7. The Kier molecular flexibility index (Phi) is 4.19. The van der Waals surface area contributed by atoms with Crippen LogP contribution in [0.15, 0.2) is 40.9 Å². The second-order valence-corrected chi connectivity index (χ2v) is 4.88. The topological polar surface area (TPSA) is 75.4 Å². The molecule has 0 aliphatic rings. The van der Waals surface area contributed by atoms with Crippen LogP contribution in [0.3, 0.4) is 0 Å². The molecule has 0 aliphatic carbocycles. The predicted molar refractivity (Wildman–Crippen MR) is 76.2 cm³/mol. The molecule has 0 radical (unpaired) electrons. The lowest BCUT2D eigenvalue weighted by molar-refractivity contribution is -0.384. The number of hydrogen-bond donors (Lipinski definition) is 2. The molecule has 0 amide bonds. The zero-order chi connectivity index (χ0) is 14.7. The molecule has 0 saturated carbocycles. The van der Waals surface area contributed by atoms with Gasteiger partial charge in [0.25, 0.3) is 5.69 Å². The van der Waals surface area contributed by atoms with Crippen LogP contribution in [0.4, 0.5) is 15.8 Å². The molecule has 0 saturated heterocycles. The van der Waals surface area contributed by atoms with Crippen LogP contribution in [0.25, 0.3) is 0 Å². The van der Waals surface area contributed by atoms with E-state index in [0.29, 0.717) is 15.7 Å². The fourth-order valence-electron chi connectivity index (χ4n) is 1.66. The Hall–Kier alpha value is -2.15. The van der Waals surface area contributed by atoms with Gasteiger partial charge in [0.2, 0.25) is 0 Å². The molecule has 2 aromatic carbocycles. The minimum absolute atomic E-state index is 0.0563. The van der Waals surface area contributed by atoms with Crippen molar-refractivity contribution in [1.82, 2.24) is 0 Å². The van der Waals surface area contributed by atoms with Crippen LogP contribution in [0.1, 0.15) is 5.56 Å². The summed E-state index contributed by atoms with van der Waals surface area (Å²) in [4.78, 5) is 10.2. The summed E-state index contributed by atoms with van der Waals surface area (Å²) < 4.78 is 13.8. The lowest BCUT2D eigenvalue weighted by Gasteiger charge is -2.10. The number of nitrogens with zero attached hydrogens (tertiary/aromatic N) is 1. The van der Waals surface area contributed by atoms with E-state index in [-0.39, 0.29) is 12.2 Å². The summed E-state index contributed by atoms with van der Waals surface area (Å²) in [6.07, 6.45) is 0. The molecule has 7 heteroatoms. The van der Waals surface area contributed by atoms with Gasteiger partial charge in [0.1, 0.15) is 0 Å². The normalized spacial score (nSPS) is 10.3. The second-order valence-electron chi connectivity index (χ2n) is 4.02. The summed E-state index contributed by atoms with van der Waals surface area (Å²) in [5.41, 5.74) is 0.797. The van der Waals surface area contributed by atoms with Crippen LogP contribution in [0.5, 0.6) is 5.75 Å². The minimum Gasteiger partial charge on any atom is -0.505 e. The fourth-order valence-corrected chi connectivity index (χ4v) is 2.04. The van der Waals surface area contributed by atoms with Crippen molar-refractivity contribution >= 4 is 27.3 Å². The predicted octanol–water partition coefficient (Wildman–Crippen LogP) is 3.81. The van der Waals surface area contributed by atoms with Gasteiger partial charge >= 0.3 is 0 Å². The van der Waals surface area contributed by atoms with Gasteiger partial charge < -0.3 is 10.4 Å². The maximum atomic E-state index is 13.2. The van der Waals surface area contributed by atoms with Gasteiger partial charge in [0, 0.05) is 28.7 Å². The first-order valence-corrected chi connectivity index (χ1v) is 6.42. The van der Waals surface area contributed by atoms with Crippen molar-refractivity contribution < 1.29 is 14.4 Å². The average Bonchev–Trinajstić information content (AvgIpc) is 2.41. The number of rotatable bonds is 4. The van der Waals surface area contributed by atoms with Crippen molar-refractivity contribution in [1.29, 1.82) is 0 Å². The maximum Gasteiger partial charge on any atom is 0.271 e. The summed E-state index contributed by atoms with van der Waals surface area (Å²) in [7, 11) is 0. The van der Waals surface area contributed by atoms with Gasteiger partial charge in [-0.15, -0.1) is 0 Å². The number of phenolic OH excluding ortho intramolecular Hbond substituents is 1. The summed E-state index contributed by atoms with van der Waals surface area (Å²) in [6.45, 7) is 0.142. The molecule has 0 spiro atoms. The molecule has 20 heavy (non-hydrogen) atoms. The van der Waals surface area contributed by atoms with Gasteiger partial charge in [-0.1, -0.05) is 12.1 Å². The molecule has 0 unspecified atom stereocenters. The van der Waals surface area contributed by atoms with Gasteiger partial charge in [-0.05, 0) is 28.1 Å². The number of nitro groups is 1. The van der Waals surface area contributed by atoms with E-state index >= 15 is 0 Å². The molecule has 104 valence electrons. The summed E-state index contributed by atoms with van der Waals surface area (Å²) in [5, 5.41) is 23.2. The molecular formula is C13H10BrFN2O3. The van der Waals surface area contributed by atoms with Crippen LogP contribution < -0.4 is 5.32 Å². The number of anilines is 1. The minimum atomic E-state index is -0.706. The molecule has 2 rings (SSSR count). The lowest BCUT2D eigenvalue weighted by Crippen LogP contribution is -2.02. The van der Waals surface area contributed by atoms with E-state index in [1.807, 2.05) is 0 Å². The lowest BCUT2D eigenvalue weighted by atomic mass is 10.2. The van der Waals surface area contributed by atoms with E-state index < -0.39 is 16.5 Å². The smallest absolute Gasteiger partial charge is 0.271 e. The van der Waals surface area contributed by atoms with Gasteiger partial charge in [0.05, 0.1) is 10.6 Å². The number of aromatic hydroxyl groups is 1. The highest BCUT2D eigenvalue weighted by Crippen LogP contribution is 2.28. The van der Waals surface area contributed by atoms with Crippen molar-refractivity contribution in [3.63, 3.8) is 0 Å². The van der Waals surface area contributed by atoms with Gasteiger partial charge in [-0.2, -0.15) is 0 Å². The number of hydrogen-bond acceptors (Lipinski definition) is 4. The Labute approximate surface area is 122 Å². The number of non-ortho nitro benzene ring substituents is 1. The number of benzene rings is 2. The van der Waals surface area contributed by atoms with Gasteiger partial charge in [-0.25, -0.2) is 4.39 Å². The van der Waals surface area contributed by atoms with Crippen molar-refractivity contribution in [2.45, 2.75) is 6.54 Å². The average molecular weight is 341 g/mol. The number of halogens is 2. The van der Waals surface area contributed by atoms with E-state index in [0.717, 1.165) is 6.07 Å². The molecule has 2 N–H and O–H groups in total. The Balaban J connectivity index is 2.20. The summed E-state index contributed by atoms with van der Waals surface area (Å²) >= 11 is 3.26. The number of phenols is 1.